The molecule has 0 aliphatic carbocycles. The van der Waals surface area contributed by atoms with Crippen molar-refractivity contribution < 1.29 is 4.79 Å². The molecule has 0 fully saturated rings. The van der Waals surface area contributed by atoms with Gasteiger partial charge in [0.15, 0.2) is 5.13 Å². The van der Waals surface area contributed by atoms with Crippen LogP contribution < -0.4 is 11.1 Å². The van der Waals surface area contributed by atoms with E-state index in [0.717, 1.165) is 11.3 Å². The number of nitrogens with one attached hydrogen (secondary N) is 1. The molecule has 2 rings (SSSR count). The number of benzene rings is 1. The van der Waals surface area contributed by atoms with Gasteiger partial charge in [-0.2, -0.15) is 0 Å². The standard InChI is InChI=1S/C14H17N3OS/c1-9(2)11-8-19-14(16-11)17-13(18)12(15)10-6-4-3-5-7-10/h3-9,12H,15H2,1-2H3,(H,16,17,18). The van der Waals surface area contributed by atoms with Crippen LogP contribution in [0.25, 0.3) is 0 Å². The van der Waals surface area contributed by atoms with Crippen LogP contribution in [-0.2, 0) is 4.79 Å². The number of hydrogen-bond acceptors (Lipinski definition) is 4. The van der Waals surface area contributed by atoms with E-state index in [1.807, 2.05) is 35.7 Å². The fourth-order valence-electron chi connectivity index (χ4n) is 1.60. The largest absolute Gasteiger partial charge is 0.316 e. The third-order valence-corrected chi connectivity index (χ3v) is 3.56. The van der Waals surface area contributed by atoms with E-state index in [1.165, 1.54) is 11.3 Å². The molecule has 1 heterocycles. The number of carbonyl (C=O) groups is 1. The average Bonchev–Trinajstić information content (AvgIpc) is 2.87. The molecule has 3 N–H and O–H groups in total. The van der Waals surface area contributed by atoms with Crippen molar-refractivity contribution in [3.8, 4) is 0 Å². The zero-order valence-electron chi connectivity index (χ0n) is 11.0. The lowest BCUT2D eigenvalue weighted by molar-refractivity contribution is -0.117. The fraction of sp³-hybridized carbons (Fsp3) is 0.286. The molecule has 0 radical (unpaired) electrons. The van der Waals surface area contributed by atoms with E-state index in [4.69, 9.17) is 5.73 Å². The van der Waals surface area contributed by atoms with Gasteiger partial charge >= 0.3 is 0 Å². The van der Waals surface area contributed by atoms with Crippen molar-refractivity contribution >= 4 is 22.4 Å². The smallest absolute Gasteiger partial charge is 0.247 e. The monoisotopic (exact) mass is 275 g/mol. The van der Waals surface area contributed by atoms with Crippen LogP contribution in [0.4, 0.5) is 5.13 Å². The zero-order valence-corrected chi connectivity index (χ0v) is 11.8. The van der Waals surface area contributed by atoms with E-state index in [9.17, 15) is 4.79 Å². The van der Waals surface area contributed by atoms with Gasteiger partial charge in [-0.1, -0.05) is 44.2 Å². The van der Waals surface area contributed by atoms with Crippen LogP contribution in [0, 0.1) is 0 Å². The molecule has 0 saturated carbocycles. The summed E-state index contributed by atoms with van der Waals surface area (Å²) in [6.45, 7) is 4.13. The maximum Gasteiger partial charge on any atom is 0.247 e. The van der Waals surface area contributed by atoms with Gasteiger partial charge in [0.2, 0.25) is 5.91 Å². The quantitative estimate of drug-likeness (QED) is 0.901. The van der Waals surface area contributed by atoms with Crippen molar-refractivity contribution in [2.45, 2.75) is 25.8 Å². The van der Waals surface area contributed by atoms with E-state index in [-0.39, 0.29) is 5.91 Å². The summed E-state index contributed by atoms with van der Waals surface area (Å²) in [5.74, 6) is 0.112. The summed E-state index contributed by atoms with van der Waals surface area (Å²) < 4.78 is 0. The second-order valence-electron chi connectivity index (χ2n) is 4.61. The van der Waals surface area contributed by atoms with Gasteiger partial charge in [0.05, 0.1) is 5.69 Å². The van der Waals surface area contributed by atoms with Gasteiger partial charge in [0, 0.05) is 5.38 Å². The lowest BCUT2D eigenvalue weighted by Crippen LogP contribution is -2.27. The molecule has 100 valence electrons. The number of amides is 1. The van der Waals surface area contributed by atoms with E-state index in [1.54, 1.807) is 0 Å². The van der Waals surface area contributed by atoms with Crippen molar-refractivity contribution in [2.75, 3.05) is 5.32 Å². The molecule has 19 heavy (non-hydrogen) atoms. The number of nitrogens with two attached hydrogens (primary N) is 1. The molecule has 4 nitrogen and oxygen atoms in total. The summed E-state index contributed by atoms with van der Waals surface area (Å²) in [6.07, 6.45) is 0. The Balaban J connectivity index is 2.04. The third kappa shape index (κ3) is 3.39. The summed E-state index contributed by atoms with van der Waals surface area (Å²) in [5.41, 5.74) is 7.69. The molecule has 5 heteroatoms. The normalized spacial score (nSPS) is 12.4. The minimum atomic E-state index is -0.674. The van der Waals surface area contributed by atoms with E-state index < -0.39 is 6.04 Å². The summed E-state index contributed by atoms with van der Waals surface area (Å²) in [7, 11) is 0. The molecular formula is C14H17N3OS. The fourth-order valence-corrected chi connectivity index (χ4v) is 2.48. The van der Waals surface area contributed by atoms with Gasteiger partial charge < -0.3 is 11.1 Å². The SMILES string of the molecule is CC(C)c1csc(NC(=O)C(N)c2ccccc2)n1. The summed E-state index contributed by atoms with van der Waals surface area (Å²) in [6, 6.07) is 8.62. The predicted octanol–water partition coefficient (Wildman–Crippen LogP) is 2.91. The second-order valence-corrected chi connectivity index (χ2v) is 5.47. The van der Waals surface area contributed by atoms with Crippen LogP contribution >= 0.6 is 11.3 Å². The highest BCUT2D eigenvalue weighted by atomic mass is 32.1. The molecule has 0 saturated heterocycles. The predicted molar refractivity (Wildman–Crippen MR) is 78.2 cm³/mol. The molecule has 1 aromatic carbocycles. The maximum atomic E-state index is 12.0. The highest BCUT2D eigenvalue weighted by Crippen LogP contribution is 2.22. The Morgan fingerprint density at radius 1 is 1.32 bits per heavy atom. The van der Waals surface area contributed by atoms with Crippen molar-refractivity contribution in [1.29, 1.82) is 0 Å². The number of anilines is 1. The third-order valence-electron chi connectivity index (χ3n) is 2.78. The van der Waals surface area contributed by atoms with Gasteiger partial charge in [-0.25, -0.2) is 4.98 Å². The van der Waals surface area contributed by atoms with Crippen molar-refractivity contribution in [2.24, 2.45) is 5.73 Å². The number of thiazole rings is 1. The molecule has 0 bridgehead atoms. The van der Waals surface area contributed by atoms with Crippen molar-refractivity contribution in [3.63, 3.8) is 0 Å². The summed E-state index contributed by atoms with van der Waals surface area (Å²) in [4.78, 5) is 16.4. The Morgan fingerprint density at radius 2 is 2.00 bits per heavy atom. The highest BCUT2D eigenvalue weighted by molar-refractivity contribution is 7.13. The minimum Gasteiger partial charge on any atom is -0.316 e. The molecular weight excluding hydrogens is 258 g/mol. The molecule has 1 amide bonds. The molecule has 1 atom stereocenters. The van der Waals surface area contributed by atoms with Crippen LogP contribution in [-0.4, -0.2) is 10.9 Å². The molecule has 0 aliphatic heterocycles. The van der Waals surface area contributed by atoms with E-state index >= 15 is 0 Å². The van der Waals surface area contributed by atoms with Gasteiger partial charge in [-0.05, 0) is 11.5 Å². The van der Waals surface area contributed by atoms with Gasteiger partial charge in [-0.3, -0.25) is 4.79 Å². The molecule has 0 spiro atoms. The molecule has 0 aliphatic rings. The molecule has 2 aromatic rings. The number of carbonyl (C=O) groups excluding carboxylic acids is 1. The number of aromatic nitrogens is 1. The Bertz CT molecular complexity index is 551. The van der Waals surface area contributed by atoms with Crippen molar-refractivity contribution in [1.82, 2.24) is 4.98 Å². The molecule has 1 unspecified atom stereocenters. The van der Waals surface area contributed by atoms with Crippen LogP contribution in [0.2, 0.25) is 0 Å². The van der Waals surface area contributed by atoms with Crippen LogP contribution in [0.15, 0.2) is 35.7 Å². The second kappa shape index (κ2) is 5.95. The van der Waals surface area contributed by atoms with E-state index in [2.05, 4.69) is 24.1 Å². The minimum absolute atomic E-state index is 0.240. The van der Waals surface area contributed by atoms with Crippen LogP contribution in [0.1, 0.15) is 37.1 Å². The summed E-state index contributed by atoms with van der Waals surface area (Å²) in [5, 5.41) is 5.31. The summed E-state index contributed by atoms with van der Waals surface area (Å²) >= 11 is 1.42. The average molecular weight is 275 g/mol. The number of hydrogen-bond donors (Lipinski definition) is 2. The van der Waals surface area contributed by atoms with Crippen LogP contribution in [0.3, 0.4) is 0 Å². The first-order valence-corrected chi connectivity index (χ1v) is 7.02. The van der Waals surface area contributed by atoms with Gasteiger partial charge in [0.25, 0.3) is 0 Å². The Hall–Kier alpha value is -1.72. The first-order valence-electron chi connectivity index (χ1n) is 6.14. The van der Waals surface area contributed by atoms with Crippen molar-refractivity contribution in [3.05, 3.63) is 47.0 Å². The number of nitrogens with zero attached hydrogens (tertiary/aromatic N) is 1. The lowest BCUT2D eigenvalue weighted by atomic mass is 10.1. The highest BCUT2D eigenvalue weighted by Gasteiger charge is 2.17. The van der Waals surface area contributed by atoms with Gasteiger partial charge in [0.1, 0.15) is 6.04 Å². The first-order chi connectivity index (χ1) is 9.08. The topological polar surface area (TPSA) is 68.0 Å². The molecule has 1 aromatic heterocycles. The van der Waals surface area contributed by atoms with E-state index in [0.29, 0.717) is 11.0 Å². The zero-order chi connectivity index (χ0) is 13.8. The first kappa shape index (κ1) is 13.7. The maximum absolute atomic E-state index is 12.0. The lowest BCUT2D eigenvalue weighted by Gasteiger charge is -2.10. The Morgan fingerprint density at radius 3 is 2.58 bits per heavy atom. The van der Waals surface area contributed by atoms with Gasteiger partial charge in [-0.15, -0.1) is 11.3 Å². The Labute approximate surface area is 116 Å². The van der Waals surface area contributed by atoms with Crippen LogP contribution in [0.5, 0.6) is 0 Å². The Kier molecular flexibility index (Phi) is 4.29. The number of rotatable bonds is 4.